The van der Waals surface area contributed by atoms with Gasteiger partial charge in [0, 0.05) is 5.08 Å². The maximum Gasteiger partial charge on any atom is 0.106 e. The molecule has 0 bridgehead atoms. The highest BCUT2D eigenvalue weighted by Crippen LogP contribution is 2.07. The minimum absolute atomic E-state index is 0.612. The van der Waals surface area contributed by atoms with E-state index >= 15 is 0 Å². The minimum Gasteiger partial charge on any atom is -0.209 e. The fourth-order valence-electron chi connectivity index (χ4n) is 0.166. The minimum atomic E-state index is 0.612. The van der Waals surface area contributed by atoms with E-state index in [2.05, 4.69) is 5.11 Å². The molecule has 0 radical (unpaired) electrons. The van der Waals surface area contributed by atoms with Crippen molar-refractivity contribution >= 4 is 23.5 Å². The second kappa shape index (κ2) is 6.30. The van der Waals surface area contributed by atoms with Crippen molar-refractivity contribution in [2.75, 3.05) is 17.2 Å². The Hall–Kier alpha value is 0.300. The number of hydrogen-bond donors (Lipinski definition) is 1. The molecule has 0 fully saturated rings. The van der Waals surface area contributed by atoms with Gasteiger partial charge in [-0.1, -0.05) is 0 Å². The summed E-state index contributed by atoms with van der Waals surface area (Å²) in [5, 5.41) is 4.22. The van der Waals surface area contributed by atoms with E-state index in [-0.39, 0.29) is 0 Å². The number of nitrogens with zero attached hydrogens (tertiary/aromatic N) is 1. The third-order valence-corrected chi connectivity index (χ3v) is 2.28. The molecule has 0 saturated heterocycles. The average molecular weight is 136 g/mol. The molecule has 0 spiro atoms. The van der Waals surface area contributed by atoms with Crippen LogP contribution in [0.3, 0.4) is 0 Å². The Kier molecular flexibility index (Phi) is 6.57. The van der Waals surface area contributed by atoms with Crippen molar-refractivity contribution in [2.45, 2.75) is 0 Å². The number of hydrogen-bond acceptors (Lipinski definition) is 4. The van der Waals surface area contributed by atoms with Gasteiger partial charge in [-0.3, -0.25) is 0 Å². The van der Waals surface area contributed by atoms with Crippen LogP contribution in [0.15, 0.2) is 5.11 Å². The van der Waals surface area contributed by atoms with Crippen molar-refractivity contribution < 1.29 is 0 Å². The SMILES string of the molecule is CSCSCN=N. The molecule has 0 rings (SSSR count). The lowest BCUT2D eigenvalue weighted by molar-refractivity contribution is 1.06. The lowest BCUT2D eigenvalue weighted by atomic mass is 11.5. The average Bonchev–Trinajstić information content (AvgIpc) is 1.69. The molecule has 0 amide bonds. The van der Waals surface area contributed by atoms with E-state index in [1.807, 2.05) is 6.26 Å². The second-order valence-corrected chi connectivity index (χ2v) is 3.08. The Bertz CT molecular complexity index is 48.2. The summed E-state index contributed by atoms with van der Waals surface area (Å²) in [7, 11) is 0. The van der Waals surface area contributed by atoms with Crippen molar-refractivity contribution in [1.29, 1.82) is 5.53 Å². The Morgan fingerprint density at radius 1 is 1.71 bits per heavy atom. The first kappa shape index (κ1) is 7.30. The highest BCUT2D eigenvalue weighted by atomic mass is 32.2. The fourth-order valence-corrected chi connectivity index (χ4v) is 1.22. The van der Waals surface area contributed by atoms with Gasteiger partial charge in [0.05, 0.1) is 0 Å². The third-order valence-electron chi connectivity index (χ3n) is 0.357. The Balaban J connectivity index is 2.56. The largest absolute Gasteiger partial charge is 0.209 e. The molecule has 0 aromatic heterocycles. The van der Waals surface area contributed by atoms with E-state index < -0.39 is 0 Å². The molecular formula is C3H8N2S2. The molecular weight excluding hydrogens is 128 g/mol. The van der Waals surface area contributed by atoms with Crippen LogP contribution in [-0.4, -0.2) is 17.2 Å². The van der Waals surface area contributed by atoms with Crippen LogP contribution >= 0.6 is 23.5 Å². The molecule has 2 nitrogen and oxygen atoms in total. The van der Waals surface area contributed by atoms with Gasteiger partial charge < -0.3 is 0 Å². The molecule has 0 atom stereocenters. The van der Waals surface area contributed by atoms with Gasteiger partial charge in [0.25, 0.3) is 0 Å². The molecule has 4 heteroatoms. The third kappa shape index (κ3) is 6.30. The van der Waals surface area contributed by atoms with Gasteiger partial charge in [0.2, 0.25) is 0 Å². The number of thioether (sulfide) groups is 2. The van der Waals surface area contributed by atoms with Crippen molar-refractivity contribution in [3.63, 3.8) is 0 Å². The Morgan fingerprint density at radius 2 is 2.43 bits per heavy atom. The van der Waals surface area contributed by atoms with Gasteiger partial charge in [-0.05, 0) is 6.26 Å². The molecule has 0 aromatic rings. The highest BCUT2D eigenvalue weighted by molar-refractivity contribution is 8.15. The van der Waals surface area contributed by atoms with Crippen LogP contribution in [0.25, 0.3) is 0 Å². The van der Waals surface area contributed by atoms with Crippen LogP contribution in [0.5, 0.6) is 0 Å². The van der Waals surface area contributed by atoms with E-state index in [1.54, 1.807) is 23.5 Å². The van der Waals surface area contributed by atoms with Crippen molar-refractivity contribution in [3.05, 3.63) is 0 Å². The van der Waals surface area contributed by atoms with Crippen LogP contribution in [0.1, 0.15) is 0 Å². The van der Waals surface area contributed by atoms with Gasteiger partial charge >= 0.3 is 0 Å². The van der Waals surface area contributed by atoms with Crippen molar-refractivity contribution in [1.82, 2.24) is 0 Å². The second-order valence-electron chi connectivity index (χ2n) is 0.898. The first-order valence-corrected chi connectivity index (χ1v) is 4.36. The summed E-state index contributed by atoms with van der Waals surface area (Å²) in [6, 6.07) is 0. The molecule has 0 aliphatic carbocycles. The van der Waals surface area contributed by atoms with Gasteiger partial charge in [-0.25, -0.2) is 5.53 Å². The standard InChI is InChI=1S/C3H8N2S2/c1-6-3-7-2-5-4/h4H,2-3H2,1H3. The van der Waals surface area contributed by atoms with Crippen LogP contribution in [0.2, 0.25) is 0 Å². The van der Waals surface area contributed by atoms with Crippen LogP contribution in [-0.2, 0) is 0 Å². The topological polar surface area (TPSA) is 36.2 Å². The Labute approximate surface area is 52.0 Å². The summed E-state index contributed by atoms with van der Waals surface area (Å²) in [6.45, 7) is 0. The smallest absolute Gasteiger partial charge is 0.106 e. The maximum atomic E-state index is 6.38. The molecule has 0 heterocycles. The summed E-state index contributed by atoms with van der Waals surface area (Å²) in [6.07, 6.45) is 2.04. The first-order chi connectivity index (χ1) is 3.41. The Morgan fingerprint density at radius 3 is 2.86 bits per heavy atom. The summed E-state index contributed by atoms with van der Waals surface area (Å²) in [5.41, 5.74) is 6.38. The molecule has 0 saturated carbocycles. The van der Waals surface area contributed by atoms with Crippen molar-refractivity contribution in [3.8, 4) is 0 Å². The van der Waals surface area contributed by atoms with Gasteiger partial charge in [-0.2, -0.15) is 16.9 Å². The molecule has 7 heavy (non-hydrogen) atoms. The zero-order chi connectivity index (χ0) is 5.54. The zero-order valence-electron chi connectivity index (χ0n) is 4.18. The van der Waals surface area contributed by atoms with Crippen LogP contribution < -0.4 is 0 Å². The summed E-state index contributed by atoms with van der Waals surface area (Å²) in [5.74, 6) is 0.612. The predicted molar refractivity (Wildman–Crippen MR) is 36.0 cm³/mol. The van der Waals surface area contributed by atoms with E-state index in [9.17, 15) is 0 Å². The molecule has 0 aliphatic heterocycles. The van der Waals surface area contributed by atoms with Crippen LogP contribution in [0.4, 0.5) is 0 Å². The highest BCUT2D eigenvalue weighted by Gasteiger charge is 1.78. The molecule has 0 aromatic carbocycles. The lowest BCUT2D eigenvalue weighted by Gasteiger charge is -1.87. The maximum absolute atomic E-state index is 6.38. The van der Waals surface area contributed by atoms with E-state index in [0.29, 0.717) is 5.88 Å². The monoisotopic (exact) mass is 136 g/mol. The molecule has 1 N–H and O–H groups in total. The summed E-state index contributed by atoms with van der Waals surface area (Å²) in [4.78, 5) is 0. The number of nitrogens with one attached hydrogen (secondary N) is 1. The van der Waals surface area contributed by atoms with E-state index in [0.717, 1.165) is 5.08 Å². The molecule has 0 aliphatic rings. The van der Waals surface area contributed by atoms with Gasteiger partial charge in [0.1, 0.15) is 5.88 Å². The molecule has 0 unspecified atom stereocenters. The quantitative estimate of drug-likeness (QED) is 0.364. The van der Waals surface area contributed by atoms with Gasteiger partial charge in [0.15, 0.2) is 0 Å². The number of rotatable bonds is 4. The fraction of sp³-hybridized carbons (Fsp3) is 1.00. The normalized spacial score (nSPS) is 8.71. The first-order valence-electron chi connectivity index (χ1n) is 1.81. The summed E-state index contributed by atoms with van der Waals surface area (Å²) < 4.78 is 0. The lowest BCUT2D eigenvalue weighted by Crippen LogP contribution is -1.68. The van der Waals surface area contributed by atoms with Crippen molar-refractivity contribution in [2.24, 2.45) is 5.11 Å². The van der Waals surface area contributed by atoms with E-state index in [1.165, 1.54) is 0 Å². The van der Waals surface area contributed by atoms with Gasteiger partial charge in [-0.15, -0.1) is 11.8 Å². The summed E-state index contributed by atoms with van der Waals surface area (Å²) >= 11 is 3.42. The van der Waals surface area contributed by atoms with E-state index in [4.69, 9.17) is 5.53 Å². The zero-order valence-corrected chi connectivity index (χ0v) is 5.81. The van der Waals surface area contributed by atoms with Crippen LogP contribution in [0, 0.1) is 5.53 Å². The predicted octanol–water partition coefficient (Wildman–Crippen LogP) is 2.03. The molecule has 42 valence electrons.